The Morgan fingerprint density at radius 3 is 2.48 bits per heavy atom. The third kappa shape index (κ3) is 7.37. The molecule has 0 radical (unpaired) electrons. The Bertz CT molecular complexity index is 1050. The molecule has 0 aliphatic carbocycles. The van der Waals surface area contributed by atoms with E-state index in [0.29, 0.717) is 4.34 Å². The molecule has 11 heteroatoms. The maximum absolute atomic E-state index is 12.9. The first kappa shape index (κ1) is 23.3. The summed E-state index contributed by atoms with van der Waals surface area (Å²) in [5.74, 6) is 0.346. The second-order valence-electron chi connectivity index (χ2n) is 6.28. The number of nitrogens with zero attached hydrogens (tertiary/aromatic N) is 3. The van der Waals surface area contributed by atoms with Crippen LogP contribution in [0.1, 0.15) is 22.3 Å². The van der Waals surface area contributed by atoms with E-state index in [1.165, 1.54) is 52.4 Å². The zero-order valence-electron chi connectivity index (χ0n) is 16.2. The Balaban J connectivity index is 1.45. The number of aromatic nitrogens is 2. The van der Waals surface area contributed by atoms with Crippen LogP contribution < -0.4 is 5.43 Å². The molecule has 1 heterocycles. The predicted octanol–water partition coefficient (Wildman–Crippen LogP) is 5.40. The van der Waals surface area contributed by atoms with Crippen molar-refractivity contribution in [3.05, 3.63) is 70.8 Å². The van der Waals surface area contributed by atoms with E-state index in [9.17, 15) is 18.0 Å². The molecule has 0 atom stereocenters. The van der Waals surface area contributed by atoms with Gasteiger partial charge in [0.1, 0.15) is 0 Å². The number of hydrogen-bond acceptors (Lipinski definition) is 7. The van der Waals surface area contributed by atoms with Crippen molar-refractivity contribution in [2.24, 2.45) is 5.10 Å². The number of hydrogen-bond donors (Lipinski definition) is 1. The lowest BCUT2D eigenvalue weighted by molar-refractivity contribution is -0.137. The monoisotopic (exact) mass is 482 g/mol. The van der Waals surface area contributed by atoms with Crippen molar-refractivity contribution in [2.75, 3.05) is 5.75 Å². The minimum Gasteiger partial charge on any atom is -0.272 e. The van der Waals surface area contributed by atoms with Gasteiger partial charge in [0, 0.05) is 11.3 Å². The van der Waals surface area contributed by atoms with Crippen LogP contribution in [0.15, 0.2) is 62.3 Å². The number of carbonyl (C=O) groups excluding carboxylic acids is 1. The lowest BCUT2D eigenvalue weighted by Crippen LogP contribution is -2.20. The molecule has 1 aromatic heterocycles. The van der Waals surface area contributed by atoms with Gasteiger partial charge in [-0.25, -0.2) is 5.43 Å². The van der Waals surface area contributed by atoms with Gasteiger partial charge < -0.3 is 0 Å². The predicted molar refractivity (Wildman–Crippen MR) is 119 cm³/mol. The van der Waals surface area contributed by atoms with E-state index in [1.54, 1.807) is 11.8 Å². The third-order valence-electron chi connectivity index (χ3n) is 3.86. The first-order valence-corrected chi connectivity index (χ1v) is 11.7. The largest absolute Gasteiger partial charge is 0.417 e. The number of aryl methyl sites for hydroxylation is 1. The van der Waals surface area contributed by atoms with Gasteiger partial charge in [-0.15, -0.1) is 10.2 Å². The Kier molecular flexibility index (Phi) is 8.10. The zero-order chi connectivity index (χ0) is 22.3. The van der Waals surface area contributed by atoms with Gasteiger partial charge in [-0.3, -0.25) is 4.79 Å². The maximum Gasteiger partial charge on any atom is 0.417 e. The van der Waals surface area contributed by atoms with Crippen LogP contribution in [-0.4, -0.2) is 28.1 Å². The number of thioether (sulfide) groups is 2. The molecule has 0 spiro atoms. The highest BCUT2D eigenvalue weighted by molar-refractivity contribution is 8.03. The molecule has 31 heavy (non-hydrogen) atoms. The van der Waals surface area contributed by atoms with Gasteiger partial charge in [0.05, 0.1) is 17.5 Å². The standard InChI is InChI=1S/C20H17F3N4OS3/c1-13-6-8-14(9-7-13)11-29-18-26-27-19(31-18)30-12-17(28)25-24-10-15-4-2-3-5-16(15)20(21,22)23/h2-10H,11-12H2,1H3,(H,25,28). The first-order valence-electron chi connectivity index (χ1n) is 8.94. The molecule has 0 bridgehead atoms. The smallest absolute Gasteiger partial charge is 0.272 e. The van der Waals surface area contributed by atoms with Gasteiger partial charge in [-0.05, 0) is 18.6 Å². The van der Waals surface area contributed by atoms with Crippen molar-refractivity contribution >= 4 is 47.0 Å². The second-order valence-corrected chi connectivity index (χ2v) is 9.70. The van der Waals surface area contributed by atoms with Crippen molar-refractivity contribution in [2.45, 2.75) is 27.5 Å². The van der Waals surface area contributed by atoms with E-state index in [2.05, 4.69) is 45.0 Å². The average Bonchev–Trinajstić information content (AvgIpc) is 3.19. The maximum atomic E-state index is 12.9. The minimum absolute atomic E-state index is 0.0233. The van der Waals surface area contributed by atoms with Gasteiger partial charge in [-0.1, -0.05) is 82.9 Å². The van der Waals surface area contributed by atoms with E-state index in [0.717, 1.165) is 22.4 Å². The van der Waals surface area contributed by atoms with Crippen molar-refractivity contribution < 1.29 is 18.0 Å². The van der Waals surface area contributed by atoms with Crippen LogP contribution in [0.4, 0.5) is 13.2 Å². The molecule has 3 aromatic rings. The van der Waals surface area contributed by atoms with Gasteiger partial charge in [-0.2, -0.15) is 18.3 Å². The number of rotatable bonds is 8. The van der Waals surface area contributed by atoms with E-state index >= 15 is 0 Å². The van der Waals surface area contributed by atoms with Crippen molar-refractivity contribution in [1.82, 2.24) is 15.6 Å². The third-order valence-corrected chi connectivity index (χ3v) is 7.12. The summed E-state index contributed by atoms with van der Waals surface area (Å²) in [4.78, 5) is 11.9. The molecule has 0 unspecified atom stereocenters. The Labute approximate surface area is 189 Å². The number of halogens is 3. The van der Waals surface area contributed by atoms with Crippen LogP contribution in [0, 0.1) is 6.92 Å². The summed E-state index contributed by atoms with van der Waals surface area (Å²) in [5.41, 5.74) is 3.68. The molecule has 0 saturated heterocycles. The molecule has 3 rings (SSSR count). The summed E-state index contributed by atoms with van der Waals surface area (Å²) >= 11 is 4.14. The quantitative estimate of drug-likeness (QED) is 0.265. The summed E-state index contributed by atoms with van der Waals surface area (Å²) in [5, 5.41) is 11.8. The molecule has 1 N–H and O–H groups in total. The van der Waals surface area contributed by atoms with E-state index in [1.807, 2.05) is 6.92 Å². The molecular weight excluding hydrogens is 465 g/mol. The van der Waals surface area contributed by atoms with Crippen LogP contribution in [0.25, 0.3) is 0 Å². The van der Waals surface area contributed by atoms with Gasteiger partial charge in [0.15, 0.2) is 8.68 Å². The number of benzene rings is 2. The van der Waals surface area contributed by atoms with Crippen LogP contribution >= 0.6 is 34.9 Å². The van der Waals surface area contributed by atoms with Gasteiger partial charge in [0.2, 0.25) is 0 Å². The summed E-state index contributed by atoms with van der Waals surface area (Å²) in [7, 11) is 0. The molecule has 2 aromatic carbocycles. The fraction of sp³-hybridized carbons (Fsp3) is 0.200. The number of carbonyl (C=O) groups is 1. The number of hydrazone groups is 1. The first-order chi connectivity index (χ1) is 14.8. The van der Waals surface area contributed by atoms with Crippen LogP contribution in [0.2, 0.25) is 0 Å². The fourth-order valence-corrected chi connectivity index (χ4v) is 5.11. The molecular formula is C20H17F3N4OS3. The number of amides is 1. The van der Waals surface area contributed by atoms with E-state index < -0.39 is 17.6 Å². The Morgan fingerprint density at radius 2 is 1.77 bits per heavy atom. The van der Waals surface area contributed by atoms with Crippen molar-refractivity contribution in [1.29, 1.82) is 0 Å². The summed E-state index contributed by atoms with van der Waals surface area (Å²) in [6.07, 6.45) is -3.51. The molecule has 5 nitrogen and oxygen atoms in total. The van der Waals surface area contributed by atoms with Gasteiger partial charge >= 0.3 is 6.18 Å². The zero-order valence-corrected chi connectivity index (χ0v) is 18.7. The number of nitrogens with one attached hydrogen (secondary N) is 1. The normalized spacial score (nSPS) is 11.7. The Morgan fingerprint density at radius 1 is 1.10 bits per heavy atom. The highest BCUT2D eigenvalue weighted by atomic mass is 32.2. The SMILES string of the molecule is Cc1ccc(CSc2nnc(SCC(=O)NN=Cc3ccccc3C(F)(F)F)s2)cc1. The number of alkyl halides is 3. The summed E-state index contributed by atoms with van der Waals surface area (Å²) in [6, 6.07) is 13.3. The lowest BCUT2D eigenvalue weighted by Gasteiger charge is -2.09. The molecule has 0 aliphatic heterocycles. The fourth-order valence-electron chi connectivity index (χ4n) is 2.34. The van der Waals surface area contributed by atoms with E-state index in [-0.39, 0.29) is 11.3 Å². The summed E-state index contributed by atoms with van der Waals surface area (Å²) < 4.78 is 40.3. The molecule has 1 amide bonds. The highest BCUT2D eigenvalue weighted by Gasteiger charge is 2.32. The molecule has 0 saturated carbocycles. The van der Waals surface area contributed by atoms with Crippen LogP contribution in [0.3, 0.4) is 0 Å². The second kappa shape index (κ2) is 10.8. The molecule has 162 valence electrons. The average molecular weight is 483 g/mol. The Hall–Kier alpha value is -2.37. The molecule has 0 fully saturated rings. The molecule has 0 aliphatic rings. The van der Waals surface area contributed by atoms with Crippen LogP contribution in [-0.2, 0) is 16.7 Å². The highest BCUT2D eigenvalue weighted by Crippen LogP contribution is 2.31. The van der Waals surface area contributed by atoms with Crippen LogP contribution in [0.5, 0.6) is 0 Å². The minimum atomic E-state index is -4.49. The van der Waals surface area contributed by atoms with Crippen molar-refractivity contribution in [3.63, 3.8) is 0 Å². The lowest BCUT2D eigenvalue weighted by atomic mass is 10.1. The summed E-state index contributed by atoms with van der Waals surface area (Å²) in [6.45, 7) is 2.04. The van der Waals surface area contributed by atoms with Gasteiger partial charge in [0.25, 0.3) is 5.91 Å². The van der Waals surface area contributed by atoms with E-state index in [4.69, 9.17) is 0 Å². The van der Waals surface area contributed by atoms with Crippen molar-refractivity contribution in [3.8, 4) is 0 Å². The topological polar surface area (TPSA) is 67.2 Å².